The standard InChI is InChI=1S/C22H39N5O6/c1-22(2,3)13-18(28)24-5-8-26-14-19(29)27-7-4-16(23)12-17(27)21(31)25-6-9-32-10-11-33-15-20(26)30/h16-17H,4-15,23H2,1-3H3,(H,24,28)(H,25,31)/t16-,17+/m1/s1. The van der Waals surface area contributed by atoms with Crippen LogP contribution < -0.4 is 16.4 Å². The molecule has 2 saturated heterocycles. The Hall–Kier alpha value is -2.24. The predicted molar refractivity (Wildman–Crippen MR) is 121 cm³/mol. The van der Waals surface area contributed by atoms with Gasteiger partial charge in [0.1, 0.15) is 12.6 Å². The molecule has 2 rings (SSSR count). The fourth-order valence-corrected chi connectivity index (χ4v) is 3.80. The Morgan fingerprint density at radius 2 is 1.88 bits per heavy atom. The van der Waals surface area contributed by atoms with Crippen LogP contribution in [0.5, 0.6) is 0 Å². The smallest absolute Gasteiger partial charge is 0.249 e. The Balaban J connectivity index is 2.08. The molecule has 0 spiro atoms. The zero-order valence-electron chi connectivity index (χ0n) is 20.1. The molecule has 11 heteroatoms. The highest BCUT2D eigenvalue weighted by Crippen LogP contribution is 2.18. The first kappa shape index (κ1) is 27.0. The Morgan fingerprint density at radius 3 is 2.61 bits per heavy atom. The lowest BCUT2D eigenvalue weighted by atomic mass is 9.92. The molecule has 11 nitrogen and oxygen atoms in total. The summed E-state index contributed by atoms with van der Waals surface area (Å²) in [7, 11) is 0. The molecule has 0 unspecified atom stereocenters. The summed E-state index contributed by atoms with van der Waals surface area (Å²) in [6, 6.07) is -0.863. The van der Waals surface area contributed by atoms with Gasteiger partial charge in [-0.1, -0.05) is 20.8 Å². The molecule has 2 aliphatic rings. The van der Waals surface area contributed by atoms with Crippen LogP contribution >= 0.6 is 0 Å². The van der Waals surface area contributed by atoms with Crippen LogP contribution in [0.4, 0.5) is 0 Å². The third-order valence-corrected chi connectivity index (χ3v) is 5.48. The molecule has 0 aromatic rings. The maximum Gasteiger partial charge on any atom is 0.249 e. The van der Waals surface area contributed by atoms with E-state index in [-0.39, 0.29) is 74.5 Å². The SMILES string of the molecule is CC(C)(C)CC(=O)NCCN1CC(=O)N2CC[C@@H](N)C[C@H]2C(=O)NCCOCCOCC1=O. The normalized spacial score (nSPS) is 24.4. The van der Waals surface area contributed by atoms with E-state index in [0.29, 0.717) is 39.0 Å². The van der Waals surface area contributed by atoms with Crippen molar-refractivity contribution in [2.75, 3.05) is 59.2 Å². The van der Waals surface area contributed by atoms with Gasteiger partial charge in [0.15, 0.2) is 0 Å². The Morgan fingerprint density at radius 1 is 1.15 bits per heavy atom. The van der Waals surface area contributed by atoms with Gasteiger partial charge in [0.25, 0.3) is 0 Å². The van der Waals surface area contributed by atoms with Gasteiger partial charge in [-0.15, -0.1) is 0 Å². The number of rotatable bonds is 4. The number of piperidine rings is 1. The van der Waals surface area contributed by atoms with Gasteiger partial charge in [-0.2, -0.15) is 0 Å². The molecule has 4 amide bonds. The molecule has 2 fully saturated rings. The molecule has 2 atom stereocenters. The summed E-state index contributed by atoms with van der Waals surface area (Å²) in [5, 5.41) is 5.60. The molecule has 0 aromatic heterocycles. The Labute approximate surface area is 195 Å². The molecule has 0 aromatic carbocycles. The minimum Gasteiger partial charge on any atom is -0.377 e. The third kappa shape index (κ3) is 9.65. The third-order valence-electron chi connectivity index (χ3n) is 5.48. The minimum absolute atomic E-state index is 0.116. The molecule has 33 heavy (non-hydrogen) atoms. The van der Waals surface area contributed by atoms with Crippen LogP contribution in [0, 0.1) is 5.41 Å². The molecule has 4 N–H and O–H groups in total. The maximum absolute atomic E-state index is 13.1. The van der Waals surface area contributed by atoms with E-state index in [4.69, 9.17) is 15.2 Å². The first-order valence-corrected chi connectivity index (χ1v) is 11.6. The van der Waals surface area contributed by atoms with E-state index in [1.54, 1.807) is 0 Å². The highest BCUT2D eigenvalue weighted by molar-refractivity contribution is 5.90. The fraction of sp³-hybridized carbons (Fsp3) is 0.818. The summed E-state index contributed by atoms with van der Waals surface area (Å²) >= 11 is 0. The van der Waals surface area contributed by atoms with Crippen molar-refractivity contribution in [3.8, 4) is 0 Å². The van der Waals surface area contributed by atoms with Crippen molar-refractivity contribution in [3.63, 3.8) is 0 Å². The second-order valence-electron chi connectivity index (χ2n) is 9.75. The summed E-state index contributed by atoms with van der Waals surface area (Å²) in [5.41, 5.74) is 5.90. The van der Waals surface area contributed by atoms with Gasteiger partial charge < -0.3 is 35.6 Å². The summed E-state index contributed by atoms with van der Waals surface area (Å²) in [6.07, 6.45) is 1.30. The number of nitrogens with zero attached hydrogens (tertiary/aromatic N) is 2. The van der Waals surface area contributed by atoms with Crippen molar-refractivity contribution in [1.29, 1.82) is 0 Å². The Bertz CT molecular complexity index is 695. The van der Waals surface area contributed by atoms with Crippen LogP contribution in [-0.2, 0) is 28.7 Å². The molecule has 0 bridgehead atoms. The fourth-order valence-electron chi connectivity index (χ4n) is 3.80. The van der Waals surface area contributed by atoms with Crippen molar-refractivity contribution in [1.82, 2.24) is 20.4 Å². The summed E-state index contributed by atoms with van der Waals surface area (Å²) in [5.74, 6) is -1.09. The average Bonchev–Trinajstić information content (AvgIpc) is 2.72. The molecule has 2 aliphatic heterocycles. The second-order valence-corrected chi connectivity index (χ2v) is 9.75. The monoisotopic (exact) mass is 469 g/mol. The van der Waals surface area contributed by atoms with Crippen LogP contribution in [0.3, 0.4) is 0 Å². The molecule has 188 valence electrons. The van der Waals surface area contributed by atoms with E-state index >= 15 is 0 Å². The molecule has 0 radical (unpaired) electrons. The topological polar surface area (TPSA) is 143 Å². The molecular weight excluding hydrogens is 430 g/mol. The van der Waals surface area contributed by atoms with Crippen LogP contribution in [-0.4, -0.2) is 105 Å². The summed E-state index contributed by atoms with van der Waals surface area (Å²) in [6.45, 7) is 7.33. The van der Waals surface area contributed by atoms with E-state index in [9.17, 15) is 19.2 Å². The lowest BCUT2D eigenvalue weighted by Gasteiger charge is -2.38. The molecular formula is C22H39N5O6. The number of hydrogen-bond acceptors (Lipinski definition) is 7. The minimum atomic E-state index is -0.689. The van der Waals surface area contributed by atoms with Crippen molar-refractivity contribution < 1.29 is 28.7 Å². The maximum atomic E-state index is 13.1. The van der Waals surface area contributed by atoms with E-state index in [1.165, 1.54) is 9.80 Å². The van der Waals surface area contributed by atoms with Crippen molar-refractivity contribution in [2.45, 2.75) is 52.1 Å². The van der Waals surface area contributed by atoms with Gasteiger partial charge in [0.2, 0.25) is 23.6 Å². The number of nitrogens with two attached hydrogens (primary N) is 1. The number of carbonyl (C=O) groups excluding carboxylic acids is 4. The van der Waals surface area contributed by atoms with Crippen LogP contribution in [0.15, 0.2) is 0 Å². The highest BCUT2D eigenvalue weighted by atomic mass is 16.5. The van der Waals surface area contributed by atoms with Crippen LogP contribution in [0.1, 0.15) is 40.0 Å². The number of nitrogens with one attached hydrogen (secondary N) is 2. The number of carbonyl (C=O) groups is 4. The van der Waals surface area contributed by atoms with E-state index in [1.807, 2.05) is 20.8 Å². The Kier molecular flexibility index (Phi) is 10.5. The zero-order chi connectivity index (χ0) is 24.4. The largest absolute Gasteiger partial charge is 0.377 e. The molecule has 2 heterocycles. The van der Waals surface area contributed by atoms with Gasteiger partial charge in [-0.25, -0.2) is 0 Å². The number of fused-ring (bicyclic) bond motifs is 1. The number of amides is 4. The van der Waals surface area contributed by atoms with Crippen molar-refractivity contribution >= 4 is 23.6 Å². The molecule has 0 saturated carbocycles. The first-order valence-electron chi connectivity index (χ1n) is 11.6. The predicted octanol–water partition coefficient (Wildman–Crippen LogP) is -1.15. The van der Waals surface area contributed by atoms with Gasteiger partial charge >= 0.3 is 0 Å². The van der Waals surface area contributed by atoms with E-state index in [2.05, 4.69) is 10.6 Å². The zero-order valence-corrected chi connectivity index (χ0v) is 20.1. The second kappa shape index (κ2) is 12.9. The van der Waals surface area contributed by atoms with Crippen LogP contribution in [0.25, 0.3) is 0 Å². The van der Waals surface area contributed by atoms with Gasteiger partial charge in [0, 0.05) is 38.6 Å². The lowest BCUT2D eigenvalue weighted by molar-refractivity contribution is -0.148. The van der Waals surface area contributed by atoms with Crippen LogP contribution in [0.2, 0.25) is 0 Å². The molecule has 0 aliphatic carbocycles. The van der Waals surface area contributed by atoms with Crippen molar-refractivity contribution in [3.05, 3.63) is 0 Å². The quantitative estimate of drug-likeness (QED) is 0.472. The van der Waals surface area contributed by atoms with E-state index < -0.39 is 6.04 Å². The average molecular weight is 470 g/mol. The number of hydrogen-bond donors (Lipinski definition) is 3. The van der Waals surface area contributed by atoms with Gasteiger partial charge in [-0.05, 0) is 18.3 Å². The first-order chi connectivity index (χ1) is 15.6. The van der Waals surface area contributed by atoms with Gasteiger partial charge in [0.05, 0.1) is 26.4 Å². The summed E-state index contributed by atoms with van der Waals surface area (Å²) < 4.78 is 10.8. The summed E-state index contributed by atoms with van der Waals surface area (Å²) in [4.78, 5) is 53.6. The van der Waals surface area contributed by atoms with Gasteiger partial charge in [-0.3, -0.25) is 19.2 Å². The number of ether oxygens (including phenoxy) is 2. The lowest BCUT2D eigenvalue weighted by Crippen LogP contribution is -2.58. The van der Waals surface area contributed by atoms with E-state index in [0.717, 1.165) is 0 Å². The van der Waals surface area contributed by atoms with Crippen molar-refractivity contribution in [2.24, 2.45) is 11.1 Å². The highest BCUT2D eigenvalue weighted by Gasteiger charge is 2.36.